The number of benzene rings is 1. The first-order chi connectivity index (χ1) is 17.1. The molecule has 150 valence electrons. The predicted octanol–water partition coefficient (Wildman–Crippen LogP) is 4.80. The highest BCUT2D eigenvalue weighted by Gasteiger charge is 2.35. The van der Waals surface area contributed by atoms with Gasteiger partial charge in [-0.1, -0.05) is 18.5 Å². The number of halogens is 3. The maximum absolute atomic E-state index is 16.5. The molecule has 0 radical (unpaired) electrons. The molecule has 0 saturated carbocycles. The SMILES string of the molecule is [2H]C([2H])(C)c1cnc(CCCC2(F)C([2H])([2H])C([2H])([2H])N(C(=O)c3ccc(F)c(Cl)c3)C([2H])([2H])C2([2H])[2H])nc1. The van der Waals surface area contributed by atoms with Crippen molar-refractivity contribution in [2.45, 2.75) is 51.0 Å². The number of hydrogen-bond donors (Lipinski definition) is 0. The smallest absolute Gasteiger partial charge is 0.253 e. The van der Waals surface area contributed by atoms with Crippen LogP contribution in [-0.2, 0) is 12.8 Å². The quantitative estimate of drug-likeness (QED) is 0.678. The topological polar surface area (TPSA) is 46.1 Å². The number of alkyl halides is 1. The lowest BCUT2D eigenvalue weighted by molar-refractivity contribution is 0.0389. The summed E-state index contributed by atoms with van der Waals surface area (Å²) in [7, 11) is 0. The molecule has 1 aliphatic rings. The lowest BCUT2D eigenvalue weighted by Gasteiger charge is -2.36. The molecule has 7 heteroatoms. The Morgan fingerprint density at radius 2 is 2.04 bits per heavy atom. The van der Waals surface area contributed by atoms with E-state index in [1.165, 1.54) is 19.3 Å². The maximum Gasteiger partial charge on any atom is 0.253 e. The summed E-state index contributed by atoms with van der Waals surface area (Å²) in [5, 5.41) is -0.565. The summed E-state index contributed by atoms with van der Waals surface area (Å²) in [6, 6.07) is 2.34. The zero-order valence-electron chi connectivity index (χ0n) is 24.9. The Hall–Kier alpha value is -2.08. The van der Waals surface area contributed by atoms with Gasteiger partial charge in [0.2, 0.25) is 0 Å². The first kappa shape index (κ1) is 11.2. The van der Waals surface area contributed by atoms with E-state index in [1.54, 1.807) is 0 Å². The van der Waals surface area contributed by atoms with Crippen LogP contribution in [0.2, 0.25) is 5.02 Å². The van der Waals surface area contributed by atoms with Gasteiger partial charge in [-0.25, -0.2) is 18.7 Å². The fourth-order valence-electron chi connectivity index (χ4n) is 2.44. The van der Waals surface area contributed by atoms with Gasteiger partial charge in [0.1, 0.15) is 17.3 Å². The summed E-state index contributed by atoms with van der Waals surface area (Å²) < 4.78 is 112. The van der Waals surface area contributed by atoms with E-state index in [0.29, 0.717) is 0 Å². The minimum Gasteiger partial charge on any atom is -0.338 e. The number of likely N-dealkylation sites (tertiary alicyclic amines) is 1. The molecule has 1 fully saturated rings. The van der Waals surface area contributed by atoms with Gasteiger partial charge in [-0.3, -0.25) is 4.79 Å². The number of aromatic nitrogens is 2. The Kier molecular flexibility index (Phi) is 3.58. The van der Waals surface area contributed by atoms with Gasteiger partial charge in [0, 0.05) is 51.1 Å². The second-order valence-corrected chi connectivity index (χ2v) is 6.44. The molecule has 1 saturated heterocycles. The number of piperidine rings is 1. The minimum atomic E-state index is -3.77. The summed E-state index contributed by atoms with van der Waals surface area (Å²) in [4.78, 5) is 20.7. The lowest BCUT2D eigenvalue weighted by Crippen LogP contribution is -2.44. The first-order valence-corrected chi connectivity index (χ1v) is 8.81. The molecule has 1 aromatic carbocycles. The van der Waals surface area contributed by atoms with E-state index in [9.17, 15) is 9.18 Å². The highest BCUT2D eigenvalue weighted by molar-refractivity contribution is 6.31. The van der Waals surface area contributed by atoms with E-state index in [-0.39, 0.29) is 29.1 Å². The number of aryl methyl sites for hydroxylation is 2. The molecule has 28 heavy (non-hydrogen) atoms. The van der Waals surface area contributed by atoms with Crippen molar-refractivity contribution < 1.29 is 27.3 Å². The molecular formula is C21H24ClF2N3O. The second-order valence-electron chi connectivity index (χ2n) is 6.04. The molecule has 0 unspecified atom stereocenters. The van der Waals surface area contributed by atoms with Gasteiger partial charge in [-0.05, 0) is 55.7 Å². The summed E-state index contributed by atoms with van der Waals surface area (Å²) in [5.41, 5.74) is -4.15. The monoisotopic (exact) mass is 417 g/mol. The summed E-state index contributed by atoms with van der Waals surface area (Å²) in [5.74, 6) is -2.39. The van der Waals surface area contributed by atoms with E-state index in [1.807, 2.05) is 0 Å². The Bertz CT molecular complexity index is 1200. The number of amides is 1. The summed E-state index contributed by atoms with van der Waals surface area (Å²) >= 11 is 5.66. The third-order valence-electron chi connectivity index (χ3n) is 4.02. The minimum absolute atomic E-state index is 0.106. The average Bonchev–Trinajstić information content (AvgIpc) is 2.79. The first-order valence-electron chi connectivity index (χ1n) is 13.4. The molecule has 1 amide bonds. The normalized spacial score (nSPS) is 29.2. The molecule has 1 aromatic heterocycles. The molecule has 1 aliphatic heterocycles. The van der Waals surface area contributed by atoms with Gasteiger partial charge in [-0.2, -0.15) is 0 Å². The number of nitrogens with zero attached hydrogens (tertiary/aromatic N) is 3. The summed E-state index contributed by atoms with van der Waals surface area (Å²) in [6.07, 6.45) is -8.28. The molecule has 0 aliphatic carbocycles. The van der Waals surface area contributed by atoms with Crippen LogP contribution in [0.25, 0.3) is 0 Å². The number of rotatable bonds is 6. The molecule has 0 bridgehead atoms. The van der Waals surface area contributed by atoms with Crippen LogP contribution in [0.4, 0.5) is 8.78 Å². The average molecular weight is 418 g/mol. The van der Waals surface area contributed by atoms with Gasteiger partial charge in [0.05, 0.1) is 5.02 Å². The van der Waals surface area contributed by atoms with E-state index in [0.717, 1.165) is 18.2 Å². The number of carbonyl (C=O) groups is 1. The van der Waals surface area contributed by atoms with Crippen LogP contribution in [0.5, 0.6) is 0 Å². The predicted molar refractivity (Wildman–Crippen MR) is 105 cm³/mol. The van der Waals surface area contributed by atoms with Crippen molar-refractivity contribution in [2.24, 2.45) is 0 Å². The molecule has 2 heterocycles. The largest absolute Gasteiger partial charge is 0.338 e. The third-order valence-corrected chi connectivity index (χ3v) is 4.31. The fraction of sp³-hybridized carbons (Fsp3) is 0.476. The van der Waals surface area contributed by atoms with Gasteiger partial charge >= 0.3 is 0 Å². The van der Waals surface area contributed by atoms with Crippen LogP contribution in [0.15, 0.2) is 30.6 Å². The fourth-order valence-corrected chi connectivity index (χ4v) is 2.62. The molecule has 0 N–H and O–H groups in total. The Morgan fingerprint density at radius 3 is 2.64 bits per heavy atom. The number of carbonyl (C=O) groups excluding carboxylic acids is 1. The van der Waals surface area contributed by atoms with Crippen molar-refractivity contribution in [3.63, 3.8) is 0 Å². The standard InChI is InChI=1S/C21H24ClF2N3O/c1-2-15-13-25-19(26-14-15)4-3-7-21(24)8-10-27(11-9-21)20(28)16-5-6-18(23)17(22)12-16/h5-6,12-14H,2-4,7-11H2,1H3/i2D2,8D2,9D2,10D2,11D2. The Labute approximate surface area is 183 Å². The van der Waals surface area contributed by atoms with Crippen molar-refractivity contribution in [3.8, 4) is 0 Å². The third kappa shape index (κ3) is 5.04. The number of hydrogen-bond acceptors (Lipinski definition) is 3. The Balaban J connectivity index is 1.96. The van der Waals surface area contributed by atoms with Crippen LogP contribution in [0.3, 0.4) is 0 Å². The highest BCUT2D eigenvalue weighted by Crippen LogP contribution is 2.32. The second kappa shape index (κ2) is 8.95. The van der Waals surface area contributed by atoms with E-state index < -0.39 is 66.5 Å². The zero-order chi connectivity index (χ0) is 29.1. The molecule has 0 atom stereocenters. The van der Waals surface area contributed by atoms with E-state index >= 15 is 4.39 Å². The van der Waals surface area contributed by atoms with Gasteiger partial charge in [-0.15, -0.1) is 0 Å². The van der Waals surface area contributed by atoms with Gasteiger partial charge in [0.25, 0.3) is 5.91 Å². The molecule has 3 rings (SSSR count). The molecular weight excluding hydrogens is 384 g/mol. The van der Waals surface area contributed by atoms with Crippen molar-refractivity contribution >= 4 is 17.5 Å². The Morgan fingerprint density at radius 1 is 1.36 bits per heavy atom. The van der Waals surface area contributed by atoms with Crippen molar-refractivity contribution in [2.75, 3.05) is 13.0 Å². The van der Waals surface area contributed by atoms with Gasteiger partial charge in [0.15, 0.2) is 0 Å². The lowest BCUT2D eigenvalue weighted by atomic mass is 9.88. The van der Waals surface area contributed by atoms with E-state index in [4.69, 9.17) is 25.3 Å². The van der Waals surface area contributed by atoms with Crippen LogP contribution in [0, 0.1) is 5.82 Å². The highest BCUT2D eigenvalue weighted by atomic mass is 35.5. The zero-order valence-corrected chi connectivity index (χ0v) is 15.6. The molecule has 2 aromatic rings. The van der Waals surface area contributed by atoms with Crippen molar-refractivity contribution in [1.82, 2.24) is 14.9 Å². The van der Waals surface area contributed by atoms with Crippen LogP contribution in [0.1, 0.15) is 68.0 Å². The van der Waals surface area contributed by atoms with Crippen molar-refractivity contribution in [1.29, 1.82) is 0 Å². The van der Waals surface area contributed by atoms with Gasteiger partial charge < -0.3 is 4.90 Å². The molecule has 0 spiro atoms. The maximum atomic E-state index is 16.5. The van der Waals surface area contributed by atoms with Crippen LogP contribution in [-0.4, -0.2) is 39.4 Å². The van der Waals surface area contributed by atoms with Crippen molar-refractivity contribution in [3.05, 3.63) is 58.4 Å². The van der Waals surface area contributed by atoms with Crippen LogP contribution >= 0.6 is 11.6 Å². The van der Waals surface area contributed by atoms with E-state index in [2.05, 4.69) is 9.97 Å². The van der Waals surface area contributed by atoms with Crippen LogP contribution < -0.4 is 0 Å². The summed E-state index contributed by atoms with van der Waals surface area (Å²) in [6.45, 7) is -6.12. The molecule has 4 nitrogen and oxygen atoms in total.